The van der Waals surface area contributed by atoms with Gasteiger partial charge in [-0.05, 0) is 72.8 Å². The Morgan fingerprint density at radius 3 is 2.54 bits per heavy atom. The molecule has 1 amide bonds. The minimum Gasteiger partial charge on any atom is -0.352 e. The summed E-state index contributed by atoms with van der Waals surface area (Å²) in [5, 5.41) is 3.04. The van der Waals surface area contributed by atoms with E-state index in [9.17, 15) is 4.79 Å². The van der Waals surface area contributed by atoms with Gasteiger partial charge in [-0.2, -0.15) is 0 Å². The number of benzene rings is 1. The molecule has 1 unspecified atom stereocenters. The minimum atomic E-state index is -0.0424. The second-order valence-corrected chi connectivity index (χ2v) is 8.95. The summed E-state index contributed by atoms with van der Waals surface area (Å²) in [6, 6.07) is 13.2. The number of hydrogen-bond acceptors (Lipinski definition) is 3. The molecular formula is C23H30BrN3O. The predicted molar refractivity (Wildman–Crippen MR) is 117 cm³/mol. The molecule has 0 saturated heterocycles. The Kier molecular flexibility index (Phi) is 7.63. The molecule has 1 heterocycles. The van der Waals surface area contributed by atoms with Crippen molar-refractivity contribution in [3.05, 3.63) is 64.4 Å². The van der Waals surface area contributed by atoms with Crippen LogP contribution in [-0.4, -0.2) is 36.4 Å². The first-order valence-corrected chi connectivity index (χ1v) is 10.9. The van der Waals surface area contributed by atoms with E-state index in [1.807, 2.05) is 0 Å². The fourth-order valence-corrected chi connectivity index (χ4v) is 4.83. The molecule has 0 bridgehead atoms. The standard InChI is InChI=1S/C23H30BrN3O/c1-27(2)22(18-6-4-3-5-7-18)19-10-8-17(9-11-19)12-13-26-23(28)20-14-21(24)16-25-15-20/h3-7,14-17,19,22H,8-13H2,1-2H3,(H,26,28). The van der Waals surface area contributed by atoms with Gasteiger partial charge >= 0.3 is 0 Å². The lowest BCUT2D eigenvalue weighted by molar-refractivity contribution is 0.0946. The fraction of sp³-hybridized carbons (Fsp3) is 0.478. The quantitative estimate of drug-likeness (QED) is 0.649. The monoisotopic (exact) mass is 443 g/mol. The molecule has 1 aromatic carbocycles. The number of halogens is 1. The van der Waals surface area contributed by atoms with Gasteiger partial charge in [0.05, 0.1) is 5.56 Å². The Hall–Kier alpha value is -1.72. The van der Waals surface area contributed by atoms with Crippen LogP contribution in [0.1, 0.15) is 54.1 Å². The highest BCUT2D eigenvalue weighted by Crippen LogP contribution is 2.40. The van der Waals surface area contributed by atoms with Crippen LogP contribution >= 0.6 is 15.9 Å². The van der Waals surface area contributed by atoms with Gasteiger partial charge in [-0.3, -0.25) is 9.78 Å². The van der Waals surface area contributed by atoms with Gasteiger partial charge in [-0.15, -0.1) is 0 Å². The highest BCUT2D eigenvalue weighted by Gasteiger charge is 2.29. The molecule has 0 aliphatic heterocycles. The van der Waals surface area contributed by atoms with E-state index in [0.717, 1.165) is 17.4 Å². The van der Waals surface area contributed by atoms with E-state index < -0.39 is 0 Å². The van der Waals surface area contributed by atoms with Crippen LogP contribution in [0.3, 0.4) is 0 Å². The molecule has 1 aliphatic rings. The van der Waals surface area contributed by atoms with Crippen LogP contribution in [0.5, 0.6) is 0 Å². The summed E-state index contributed by atoms with van der Waals surface area (Å²) in [6.45, 7) is 0.733. The maximum atomic E-state index is 12.2. The molecule has 1 atom stereocenters. The number of carbonyl (C=O) groups excluding carboxylic acids is 1. The van der Waals surface area contributed by atoms with Gasteiger partial charge < -0.3 is 10.2 Å². The van der Waals surface area contributed by atoms with Crippen LogP contribution in [0.25, 0.3) is 0 Å². The largest absolute Gasteiger partial charge is 0.352 e. The molecule has 3 rings (SSSR count). The molecule has 1 fully saturated rings. The second-order valence-electron chi connectivity index (χ2n) is 8.04. The molecule has 0 radical (unpaired) electrons. The Morgan fingerprint density at radius 1 is 1.18 bits per heavy atom. The number of rotatable bonds is 7. The van der Waals surface area contributed by atoms with Crippen molar-refractivity contribution in [2.75, 3.05) is 20.6 Å². The van der Waals surface area contributed by atoms with Gasteiger partial charge in [0.15, 0.2) is 0 Å². The van der Waals surface area contributed by atoms with Gasteiger partial charge in [-0.25, -0.2) is 0 Å². The summed E-state index contributed by atoms with van der Waals surface area (Å²) in [6.07, 6.45) is 9.35. The van der Waals surface area contributed by atoms with Gasteiger partial charge in [0.2, 0.25) is 0 Å². The summed E-state index contributed by atoms with van der Waals surface area (Å²) in [4.78, 5) is 18.7. The normalized spacial score (nSPS) is 20.7. The molecule has 1 aliphatic carbocycles. The summed E-state index contributed by atoms with van der Waals surface area (Å²) in [7, 11) is 4.38. The molecule has 1 saturated carbocycles. The molecule has 0 spiro atoms. The number of nitrogens with zero attached hydrogens (tertiary/aromatic N) is 2. The summed E-state index contributed by atoms with van der Waals surface area (Å²) < 4.78 is 0.826. The van der Waals surface area contributed by atoms with Crippen LogP contribution in [0.15, 0.2) is 53.3 Å². The zero-order chi connectivity index (χ0) is 19.9. The number of nitrogens with one attached hydrogen (secondary N) is 1. The zero-order valence-corrected chi connectivity index (χ0v) is 18.4. The van der Waals surface area contributed by atoms with E-state index >= 15 is 0 Å². The average molecular weight is 444 g/mol. The van der Waals surface area contributed by atoms with Crippen molar-refractivity contribution in [1.29, 1.82) is 0 Å². The first kappa shape index (κ1) is 21.0. The van der Waals surface area contributed by atoms with Gasteiger partial charge in [0.25, 0.3) is 5.91 Å². The lowest BCUT2D eigenvalue weighted by Gasteiger charge is -2.37. The van der Waals surface area contributed by atoms with Crippen LogP contribution in [0.4, 0.5) is 0 Å². The third kappa shape index (κ3) is 5.65. The SMILES string of the molecule is CN(C)C(c1ccccc1)C1CCC(CCNC(=O)c2cncc(Br)c2)CC1. The average Bonchev–Trinajstić information content (AvgIpc) is 2.70. The van der Waals surface area contributed by atoms with Crippen molar-refractivity contribution in [3.63, 3.8) is 0 Å². The predicted octanol–water partition coefficient (Wildman–Crippen LogP) is 5.07. The van der Waals surface area contributed by atoms with Crippen LogP contribution in [0, 0.1) is 11.8 Å². The summed E-state index contributed by atoms with van der Waals surface area (Å²) in [5.41, 5.74) is 2.03. The van der Waals surface area contributed by atoms with Crippen molar-refractivity contribution in [1.82, 2.24) is 15.2 Å². The third-order valence-electron chi connectivity index (χ3n) is 5.84. The van der Waals surface area contributed by atoms with Crippen LogP contribution in [0.2, 0.25) is 0 Å². The lowest BCUT2D eigenvalue weighted by Crippen LogP contribution is -2.31. The van der Waals surface area contributed by atoms with Gasteiger partial charge in [-0.1, -0.05) is 43.2 Å². The van der Waals surface area contributed by atoms with E-state index in [2.05, 4.69) is 75.6 Å². The van der Waals surface area contributed by atoms with Crippen molar-refractivity contribution >= 4 is 21.8 Å². The highest BCUT2D eigenvalue weighted by atomic mass is 79.9. The Morgan fingerprint density at radius 2 is 1.89 bits per heavy atom. The molecule has 28 heavy (non-hydrogen) atoms. The number of pyridine rings is 1. The van der Waals surface area contributed by atoms with E-state index in [-0.39, 0.29) is 5.91 Å². The molecule has 2 aromatic rings. The number of hydrogen-bond donors (Lipinski definition) is 1. The third-order valence-corrected chi connectivity index (χ3v) is 6.27. The van der Waals surface area contributed by atoms with Crippen molar-refractivity contribution in [2.24, 2.45) is 11.8 Å². The fourth-order valence-electron chi connectivity index (χ4n) is 4.46. The van der Waals surface area contributed by atoms with E-state index in [0.29, 0.717) is 23.4 Å². The smallest absolute Gasteiger partial charge is 0.252 e. The summed E-state index contributed by atoms with van der Waals surface area (Å²) >= 11 is 3.36. The minimum absolute atomic E-state index is 0.0424. The second kappa shape index (κ2) is 10.2. The highest BCUT2D eigenvalue weighted by molar-refractivity contribution is 9.10. The van der Waals surface area contributed by atoms with Gasteiger partial charge in [0.1, 0.15) is 0 Å². The molecular weight excluding hydrogens is 414 g/mol. The molecule has 150 valence electrons. The van der Waals surface area contributed by atoms with Crippen molar-refractivity contribution in [2.45, 2.75) is 38.1 Å². The molecule has 1 N–H and O–H groups in total. The first-order valence-electron chi connectivity index (χ1n) is 10.1. The first-order chi connectivity index (χ1) is 13.5. The van der Waals surface area contributed by atoms with E-state index in [1.165, 1.54) is 31.2 Å². The molecule has 4 nitrogen and oxygen atoms in total. The Labute approximate surface area is 176 Å². The van der Waals surface area contributed by atoms with E-state index in [1.54, 1.807) is 18.5 Å². The van der Waals surface area contributed by atoms with E-state index in [4.69, 9.17) is 0 Å². The van der Waals surface area contributed by atoms with Crippen molar-refractivity contribution < 1.29 is 4.79 Å². The lowest BCUT2D eigenvalue weighted by atomic mass is 9.75. The van der Waals surface area contributed by atoms with Crippen LogP contribution in [-0.2, 0) is 0 Å². The molecule has 5 heteroatoms. The van der Waals surface area contributed by atoms with Crippen LogP contribution < -0.4 is 5.32 Å². The summed E-state index contributed by atoms with van der Waals surface area (Å²) in [5.74, 6) is 1.37. The topological polar surface area (TPSA) is 45.2 Å². The Bertz CT molecular complexity index is 757. The number of carbonyl (C=O) groups is 1. The Balaban J connectivity index is 1.45. The van der Waals surface area contributed by atoms with Gasteiger partial charge in [0, 0.05) is 29.5 Å². The maximum absolute atomic E-state index is 12.2. The zero-order valence-electron chi connectivity index (χ0n) is 16.8. The number of aromatic nitrogens is 1. The number of amides is 1. The van der Waals surface area contributed by atoms with Crippen molar-refractivity contribution in [3.8, 4) is 0 Å². The maximum Gasteiger partial charge on any atom is 0.252 e. The molecule has 1 aromatic heterocycles.